The largest absolute Gasteiger partial charge is 0.489 e. The van der Waals surface area contributed by atoms with Gasteiger partial charge in [-0.3, -0.25) is 4.79 Å². The van der Waals surface area contributed by atoms with Crippen LogP contribution in [0, 0.1) is 0 Å². The van der Waals surface area contributed by atoms with E-state index in [1.54, 1.807) is 6.08 Å². The average Bonchev–Trinajstić information content (AvgIpc) is 2.36. The summed E-state index contributed by atoms with van der Waals surface area (Å²) >= 11 is 0. The van der Waals surface area contributed by atoms with Crippen LogP contribution in [0.5, 0.6) is 5.75 Å². The Kier molecular flexibility index (Phi) is 6.58. The summed E-state index contributed by atoms with van der Waals surface area (Å²) in [5.41, 5.74) is 1.10. The third-order valence-electron chi connectivity index (χ3n) is 2.32. The second kappa shape index (κ2) is 8.31. The smallest absolute Gasteiger partial charge is 0.216 e. The summed E-state index contributed by atoms with van der Waals surface area (Å²) in [5, 5.41) is 5.99. The summed E-state index contributed by atoms with van der Waals surface area (Å²) in [5.74, 6) is 0.857. The van der Waals surface area contributed by atoms with Crippen LogP contribution >= 0.6 is 0 Å². The minimum absolute atomic E-state index is 0.00786. The van der Waals surface area contributed by atoms with Gasteiger partial charge in [0, 0.05) is 32.1 Å². The Hall–Kier alpha value is -1.81. The molecule has 18 heavy (non-hydrogen) atoms. The summed E-state index contributed by atoms with van der Waals surface area (Å²) in [6.07, 6.45) is 1.72. The zero-order valence-electron chi connectivity index (χ0n) is 10.7. The lowest BCUT2D eigenvalue weighted by molar-refractivity contribution is -0.118. The summed E-state index contributed by atoms with van der Waals surface area (Å²) in [4.78, 5) is 10.7. The fourth-order valence-electron chi connectivity index (χ4n) is 1.49. The fourth-order valence-corrected chi connectivity index (χ4v) is 1.49. The molecule has 0 saturated heterocycles. The molecule has 0 saturated carbocycles. The van der Waals surface area contributed by atoms with Gasteiger partial charge < -0.3 is 15.4 Å². The first kappa shape index (κ1) is 14.3. The number of hydrogen-bond donors (Lipinski definition) is 2. The predicted molar refractivity (Wildman–Crippen MR) is 72.5 cm³/mol. The molecule has 1 aromatic carbocycles. The number of ether oxygens (including phenoxy) is 1. The summed E-state index contributed by atoms with van der Waals surface area (Å²) < 4.78 is 5.55. The van der Waals surface area contributed by atoms with Gasteiger partial charge in [-0.2, -0.15) is 0 Å². The average molecular weight is 248 g/mol. The number of amides is 1. The lowest BCUT2D eigenvalue weighted by atomic mass is 10.2. The molecule has 0 spiro atoms. The van der Waals surface area contributed by atoms with Crippen molar-refractivity contribution in [3.05, 3.63) is 42.5 Å². The zero-order valence-corrected chi connectivity index (χ0v) is 10.7. The number of carbonyl (C=O) groups is 1. The molecule has 0 heterocycles. The maximum Gasteiger partial charge on any atom is 0.216 e. The van der Waals surface area contributed by atoms with Crippen LogP contribution < -0.4 is 15.4 Å². The summed E-state index contributed by atoms with van der Waals surface area (Å²) in [7, 11) is 0. The molecule has 4 nitrogen and oxygen atoms in total. The standard InChI is InChI=1S/C14H20N2O2/c1-3-10-18-14-7-5-4-6-13(14)11-15-8-9-16-12(2)17/h3-7,15H,1,8-11H2,2H3,(H,16,17). The second-order valence-corrected chi connectivity index (χ2v) is 3.87. The molecule has 98 valence electrons. The van der Waals surface area contributed by atoms with E-state index in [0.717, 1.165) is 17.9 Å². The maximum absolute atomic E-state index is 10.7. The number of para-hydroxylation sites is 1. The van der Waals surface area contributed by atoms with Crippen LogP contribution in [0.4, 0.5) is 0 Å². The molecule has 0 aromatic heterocycles. The van der Waals surface area contributed by atoms with Gasteiger partial charge in [0.25, 0.3) is 0 Å². The monoisotopic (exact) mass is 248 g/mol. The van der Waals surface area contributed by atoms with E-state index in [-0.39, 0.29) is 5.91 Å². The van der Waals surface area contributed by atoms with Crippen molar-refractivity contribution in [2.75, 3.05) is 19.7 Å². The van der Waals surface area contributed by atoms with Gasteiger partial charge in [0.05, 0.1) is 0 Å². The van der Waals surface area contributed by atoms with Crippen molar-refractivity contribution in [3.8, 4) is 5.75 Å². The molecule has 0 aliphatic rings. The van der Waals surface area contributed by atoms with Crippen LogP contribution in [-0.2, 0) is 11.3 Å². The van der Waals surface area contributed by atoms with Crippen LogP contribution in [0.3, 0.4) is 0 Å². The first-order chi connectivity index (χ1) is 8.74. The van der Waals surface area contributed by atoms with E-state index >= 15 is 0 Å². The Balaban J connectivity index is 2.36. The molecule has 0 atom stereocenters. The molecule has 0 aliphatic carbocycles. The third kappa shape index (κ3) is 5.50. The Morgan fingerprint density at radius 3 is 2.89 bits per heavy atom. The number of rotatable bonds is 8. The van der Waals surface area contributed by atoms with Crippen molar-refractivity contribution in [2.45, 2.75) is 13.5 Å². The minimum Gasteiger partial charge on any atom is -0.489 e. The van der Waals surface area contributed by atoms with Gasteiger partial charge in [-0.05, 0) is 6.07 Å². The molecule has 0 bridgehead atoms. The quantitative estimate of drug-likeness (QED) is 0.541. The molecule has 1 rings (SSSR count). The van der Waals surface area contributed by atoms with Crippen molar-refractivity contribution < 1.29 is 9.53 Å². The Bertz CT molecular complexity index is 391. The van der Waals surface area contributed by atoms with E-state index in [4.69, 9.17) is 4.74 Å². The van der Waals surface area contributed by atoms with Gasteiger partial charge in [-0.25, -0.2) is 0 Å². The number of nitrogens with one attached hydrogen (secondary N) is 2. The second-order valence-electron chi connectivity index (χ2n) is 3.87. The van der Waals surface area contributed by atoms with E-state index in [1.807, 2.05) is 24.3 Å². The van der Waals surface area contributed by atoms with Gasteiger partial charge in [-0.15, -0.1) is 0 Å². The molecular weight excluding hydrogens is 228 g/mol. The Labute approximate surface area is 108 Å². The fraction of sp³-hybridized carbons (Fsp3) is 0.357. The molecule has 1 amide bonds. The van der Waals surface area contributed by atoms with E-state index in [1.165, 1.54) is 6.92 Å². The molecule has 0 aliphatic heterocycles. The van der Waals surface area contributed by atoms with Crippen LogP contribution in [0.25, 0.3) is 0 Å². The topological polar surface area (TPSA) is 50.4 Å². The van der Waals surface area contributed by atoms with E-state index in [2.05, 4.69) is 17.2 Å². The summed E-state index contributed by atoms with van der Waals surface area (Å²) in [6, 6.07) is 7.88. The Morgan fingerprint density at radius 1 is 1.39 bits per heavy atom. The van der Waals surface area contributed by atoms with E-state index in [0.29, 0.717) is 19.7 Å². The third-order valence-corrected chi connectivity index (χ3v) is 2.32. The summed E-state index contributed by atoms with van der Waals surface area (Å²) in [6.45, 7) is 7.72. The van der Waals surface area contributed by atoms with Crippen LogP contribution in [0.15, 0.2) is 36.9 Å². The van der Waals surface area contributed by atoms with Crippen LogP contribution in [0.2, 0.25) is 0 Å². The highest BCUT2D eigenvalue weighted by Crippen LogP contribution is 2.17. The van der Waals surface area contributed by atoms with Crippen molar-refractivity contribution >= 4 is 5.91 Å². The predicted octanol–water partition coefficient (Wildman–Crippen LogP) is 1.48. The molecular formula is C14H20N2O2. The highest BCUT2D eigenvalue weighted by atomic mass is 16.5. The molecule has 1 aromatic rings. The number of hydrogen-bond acceptors (Lipinski definition) is 3. The molecule has 2 N–H and O–H groups in total. The van der Waals surface area contributed by atoms with Crippen molar-refractivity contribution in [2.24, 2.45) is 0 Å². The van der Waals surface area contributed by atoms with E-state index < -0.39 is 0 Å². The van der Waals surface area contributed by atoms with Crippen molar-refractivity contribution in [1.29, 1.82) is 0 Å². The van der Waals surface area contributed by atoms with Crippen LogP contribution in [0.1, 0.15) is 12.5 Å². The Morgan fingerprint density at radius 2 is 2.17 bits per heavy atom. The zero-order chi connectivity index (χ0) is 13.2. The van der Waals surface area contributed by atoms with Crippen LogP contribution in [-0.4, -0.2) is 25.6 Å². The number of carbonyl (C=O) groups excluding carboxylic acids is 1. The minimum atomic E-state index is -0.00786. The van der Waals surface area contributed by atoms with Gasteiger partial charge >= 0.3 is 0 Å². The van der Waals surface area contributed by atoms with Gasteiger partial charge in [0.2, 0.25) is 5.91 Å². The van der Waals surface area contributed by atoms with Gasteiger partial charge in [-0.1, -0.05) is 30.9 Å². The molecule has 0 radical (unpaired) electrons. The maximum atomic E-state index is 10.7. The number of benzene rings is 1. The van der Waals surface area contributed by atoms with Gasteiger partial charge in [0.15, 0.2) is 0 Å². The molecule has 4 heteroatoms. The lowest BCUT2D eigenvalue weighted by Crippen LogP contribution is -2.29. The highest BCUT2D eigenvalue weighted by Gasteiger charge is 2.01. The van der Waals surface area contributed by atoms with E-state index in [9.17, 15) is 4.79 Å². The lowest BCUT2D eigenvalue weighted by Gasteiger charge is -2.11. The van der Waals surface area contributed by atoms with Crippen molar-refractivity contribution in [3.63, 3.8) is 0 Å². The van der Waals surface area contributed by atoms with Gasteiger partial charge in [0.1, 0.15) is 12.4 Å². The first-order valence-corrected chi connectivity index (χ1v) is 6.00. The SMILES string of the molecule is C=CCOc1ccccc1CNCCNC(C)=O. The van der Waals surface area contributed by atoms with Crippen molar-refractivity contribution in [1.82, 2.24) is 10.6 Å². The molecule has 0 unspecified atom stereocenters. The highest BCUT2D eigenvalue weighted by molar-refractivity contribution is 5.72. The first-order valence-electron chi connectivity index (χ1n) is 6.00. The normalized spacial score (nSPS) is 9.83. The molecule has 0 fully saturated rings.